The highest BCUT2D eigenvalue weighted by atomic mass is 127. The molecule has 0 amide bonds. The van der Waals surface area contributed by atoms with E-state index in [-0.39, 0.29) is 36.4 Å². The van der Waals surface area contributed by atoms with Crippen LogP contribution in [0.1, 0.15) is 23.6 Å². The quantitative estimate of drug-likeness (QED) is 0.226. The van der Waals surface area contributed by atoms with Crippen LogP contribution in [-0.2, 0) is 24.4 Å². The van der Waals surface area contributed by atoms with Crippen LogP contribution in [0, 0.1) is 5.82 Å². The molecule has 0 aliphatic heterocycles. The van der Waals surface area contributed by atoms with Gasteiger partial charge < -0.3 is 15.4 Å². The summed E-state index contributed by atoms with van der Waals surface area (Å²) in [6.07, 6.45) is -4.33. The summed E-state index contributed by atoms with van der Waals surface area (Å²) in [7, 11) is 0. The molecule has 0 aromatic heterocycles. The first kappa shape index (κ1) is 25.2. The minimum Gasteiger partial charge on any atom is -0.367 e. The van der Waals surface area contributed by atoms with E-state index in [0.717, 1.165) is 5.56 Å². The number of ether oxygens (including phenoxy) is 1. The number of benzene rings is 2. The molecule has 160 valence electrons. The highest BCUT2D eigenvalue weighted by Gasteiger charge is 2.27. The van der Waals surface area contributed by atoms with Crippen LogP contribution in [0.25, 0.3) is 0 Å². The molecule has 0 saturated heterocycles. The number of guanidine groups is 1. The van der Waals surface area contributed by atoms with Gasteiger partial charge in [-0.25, -0.2) is 9.38 Å². The average molecular weight is 525 g/mol. The first-order valence-electron chi connectivity index (χ1n) is 8.85. The molecule has 2 aromatic carbocycles. The van der Waals surface area contributed by atoms with E-state index in [4.69, 9.17) is 0 Å². The Balaban J connectivity index is 0.00000420. The van der Waals surface area contributed by atoms with E-state index >= 15 is 0 Å². The summed E-state index contributed by atoms with van der Waals surface area (Å²) in [5, 5.41) is 6.16. The first-order chi connectivity index (χ1) is 13.4. The number of alkyl halides is 3. The van der Waals surface area contributed by atoms with E-state index in [9.17, 15) is 17.6 Å². The Kier molecular flexibility index (Phi) is 11.0. The van der Waals surface area contributed by atoms with Gasteiger partial charge in [0.25, 0.3) is 0 Å². The summed E-state index contributed by atoms with van der Waals surface area (Å²) in [6.45, 7) is 1.88. The average Bonchev–Trinajstić information content (AvgIpc) is 2.65. The zero-order valence-electron chi connectivity index (χ0n) is 15.9. The minimum atomic E-state index is -4.33. The van der Waals surface area contributed by atoms with Gasteiger partial charge in [-0.2, -0.15) is 13.2 Å². The van der Waals surface area contributed by atoms with Crippen LogP contribution in [0.2, 0.25) is 0 Å². The third kappa shape index (κ3) is 9.93. The van der Waals surface area contributed by atoms with Crippen LogP contribution >= 0.6 is 24.0 Å². The van der Waals surface area contributed by atoms with Crippen LogP contribution in [0.4, 0.5) is 17.6 Å². The van der Waals surface area contributed by atoms with Crippen molar-refractivity contribution in [3.05, 3.63) is 71.0 Å². The summed E-state index contributed by atoms with van der Waals surface area (Å²) in [6, 6.07) is 13.5. The highest BCUT2D eigenvalue weighted by molar-refractivity contribution is 14.0. The number of hydrogen-bond acceptors (Lipinski definition) is 2. The lowest BCUT2D eigenvalue weighted by atomic mass is 10.1. The number of aliphatic imine (C=N–C) groups is 1. The zero-order chi connectivity index (χ0) is 20.4. The highest BCUT2D eigenvalue weighted by Crippen LogP contribution is 2.16. The van der Waals surface area contributed by atoms with Crippen molar-refractivity contribution in [2.75, 3.05) is 13.2 Å². The van der Waals surface area contributed by atoms with Gasteiger partial charge in [0.1, 0.15) is 12.4 Å². The summed E-state index contributed by atoms with van der Waals surface area (Å²) >= 11 is 0. The molecule has 0 atom stereocenters. The fourth-order valence-corrected chi connectivity index (χ4v) is 2.36. The largest absolute Gasteiger partial charge is 0.411 e. The van der Waals surface area contributed by atoms with Gasteiger partial charge in [0.15, 0.2) is 5.96 Å². The van der Waals surface area contributed by atoms with Gasteiger partial charge in [-0.1, -0.05) is 42.5 Å². The second-order valence-corrected chi connectivity index (χ2v) is 6.06. The Hall–Kier alpha value is -1.88. The zero-order valence-corrected chi connectivity index (χ0v) is 18.3. The molecule has 29 heavy (non-hydrogen) atoms. The van der Waals surface area contributed by atoms with Crippen molar-refractivity contribution >= 4 is 29.9 Å². The van der Waals surface area contributed by atoms with Gasteiger partial charge in [0, 0.05) is 18.7 Å². The third-order valence-corrected chi connectivity index (χ3v) is 3.73. The van der Waals surface area contributed by atoms with Crippen LogP contribution in [0.5, 0.6) is 0 Å². The summed E-state index contributed by atoms with van der Waals surface area (Å²) in [5.74, 6) is 0.262. The molecule has 4 nitrogen and oxygen atoms in total. The Morgan fingerprint density at radius 1 is 1.00 bits per heavy atom. The normalized spacial score (nSPS) is 11.7. The fraction of sp³-hybridized carbons (Fsp3) is 0.350. The predicted molar refractivity (Wildman–Crippen MR) is 116 cm³/mol. The molecule has 0 aliphatic rings. The van der Waals surface area contributed by atoms with E-state index in [1.54, 1.807) is 42.5 Å². The summed E-state index contributed by atoms with van der Waals surface area (Å²) in [5.41, 5.74) is 2.08. The van der Waals surface area contributed by atoms with E-state index < -0.39 is 12.8 Å². The van der Waals surface area contributed by atoms with Crippen molar-refractivity contribution in [2.45, 2.75) is 32.8 Å². The molecular weight excluding hydrogens is 501 g/mol. The Bertz CT molecular complexity index is 767. The molecule has 2 N–H and O–H groups in total. The number of nitrogens with zero attached hydrogens (tertiary/aromatic N) is 1. The van der Waals surface area contributed by atoms with Gasteiger partial charge in [0.05, 0.1) is 13.2 Å². The number of halogens is 5. The summed E-state index contributed by atoms with van der Waals surface area (Å²) in [4.78, 5) is 4.44. The molecule has 0 heterocycles. The minimum absolute atomic E-state index is 0. The van der Waals surface area contributed by atoms with Gasteiger partial charge in [0.2, 0.25) is 0 Å². The molecule has 2 rings (SSSR count). The van der Waals surface area contributed by atoms with Crippen molar-refractivity contribution in [2.24, 2.45) is 4.99 Å². The number of hydrogen-bond donors (Lipinski definition) is 2. The van der Waals surface area contributed by atoms with Crippen molar-refractivity contribution in [3.63, 3.8) is 0 Å². The molecule has 0 spiro atoms. The monoisotopic (exact) mass is 525 g/mol. The SMILES string of the molecule is CCNC(=NCc1ccc(COCC(F)(F)F)cc1)NCc1ccccc1F.I. The lowest BCUT2D eigenvalue weighted by Gasteiger charge is -2.12. The maximum absolute atomic E-state index is 13.7. The van der Waals surface area contributed by atoms with Gasteiger partial charge in [-0.05, 0) is 24.1 Å². The van der Waals surface area contributed by atoms with E-state index in [1.807, 2.05) is 6.92 Å². The van der Waals surface area contributed by atoms with Crippen LogP contribution < -0.4 is 10.6 Å². The molecule has 0 fully saturated rings. The molecule has 9 heteroatoms. The second-order valence-electron chi connectivity index (χ2n) is 6.06. The van der Waals surface area contributed by atoms with E-state index in [2.05, 4.69) is 20.4 Å². The van der Waals surface area contributed by atoms with Crippen LogP contribution in [0.15, 0.2) is 53.5 Å². The standard InChI is InChI=1S/C20H23F4N3O.HI/c1-2-25-19(27-12-17-5-3-4-6-18(17)21)26-11-15-7-9-16(10-8-15)13-28-14-20(22,23)24;/h3-10H,2,11-14H2,1H3,(H2,25,26,27);1H. The molecule has 0 aliphatic carbocycles. The predicted octanol–water partition coefficient (Wildman–Crippen LogP) is 4.78. The Morgan fingerprint density at radius 2 is 1.66 bits per heavy atom. The van der Waals surface area contributed by atoms with Gasteiger partial charge in [-0.15, -0.1) is 24.0 Å². The van der Waals surface area contributed by atoms with Gasteiger partial charge >= 0.3 is 6.18 Å². The first-order valence-corrected chi connectivity index (χ1v) is 8.85. The van der Waals surface area contributed by atoms with Crippen molar-refractivity contribution < 1.29 is 22.3 Å². The molecule has 0 unspecified atom stereocenters. The Morgan fingerprint density at radius 3 is 2.28 bits per heavy atom. The smallest absolute Gasteiger partial charge is 0.367 e. The summed E-state index contributed by atoms with van der Waals surface area (Å²) < 4.78 is 54.6. The van der Waals surface area contributed by atoms with E-state index in [1.165, 1.54) is 6.07 Å². The van der Waals surface area contributed by atoms with Crippen LogP contribution in [0.3, 0.4) is 0 Å². The molecule has 0 radical (unpaired) electrons. The van der Waals surface area contributed by atoms with Crippen molar-refractivity contribution in [3.8, 4) is 0 Å². The number of rotatable bonds is 8. The van der Waals surface area contributed by atoms with Crippen LogP contribution in [-0.4, -0.2) is 25.3 Å². The lowest BCUT2D eigenvalue weighted by Crippen LogP contribution is -2.37. The van der Waals surface area contributed by atoms with E-state index in [0.29, 0.717) is 36.7 Å². The molecule has 0 saturated carbocycles. The molecule has 0 bridgehead atoms. The Labute approximate surface area is 184 Å². The number of nitrogens with one attached hydrogen (secondary N) is 2. The topological polar surface area (TPSA) is 45.7 Å². The third-order valence-electron chi connectivity index (χ3n) is 3.73. The maximum Gasteiger partial charge on any atom is 0.411 e. The van der Waals surface area contributed by atoms with Gasteiger partial charge in [-0.3, -0.25) is 0 Å². The van der Waals surface area contributed by atoms with Crippen molar-refractivity contribution in [1.29, 1.82) is 0 Å². The van der Waals surface area contributed by atoms with Crippen molar-refractivity contribution in [1.82, 2.24) is 10.6 Å². The molecule has 2 aromatic rings. The lowest BCUT2D eigenvalue weighted by molar-refractivity contribution is -0.176. The molecular formula is C20H24F4IN3O. The second kappa shape index (κ2) is 12.6. The fourth-order valence-electron chi connectivity index (χ4n) is 2.36. The maximum atomic E-state index is 13.7.